The molecule has 7 heteroatoms. The van der Waals surface area contributed by atoms with E-state index in [1.807, 2.05) is 0 Å². The van der Waals surface area contributed by atoms with Gasteiger partial charge in [0.2, 0.25) is 5.91 Å². The second kappa shape index (κ2) is 7.03. The SMILES string of the molecule is O=C(CCNC(=O)c1ccco1)Nc1nc(C23CC4CC(CC(C4)C2)C3)cs1. The Bertz CT molecular complexity index is 838. The number of hydrogen-bond acceptors (Lipinski definition) is 5. The molecule has 4 aliphatic carbocycles. The van der Waals surface area contributed by atoms with Crippen LogP contribution >= 0.6 is 11.3 Å². The van der Waals surface area contributed by atoms with E-state index in [1.165, 1.54) is 61.8 Å². The van der Waals surface area contributed by atoms with Crippen LogP contribution in [0.2, 0.25) is 0 Å². The van der Waals surface area contributed by atoms with Gasteiger partial charge in [0, 0.05) is 23.8 Å². The minimum atomic E-state index is -0.309. The second-order valence-corrected chi connectivity index (χ2v) is 9.63. The molecule has 0 unspecified atom stereocenters. The van der Waals surface area contributed by atoms with E-state index >= 15 is 0 Å². The van der Waals surface area contributed by atoms with Gasteiger partial charge in [-0.25, -0.2) is 4.98 Å². The maximum atomic E-state index is 12.2. The monoisotopic (exact) mass is 399 g/mol. The van der Waals surface area contributed by atoms with Crippen LogP contribution in [0.4, 0.5) is 5.13 Å². The van der Waals surface area contributed by atoms with Crippen LogP contribution in [0.15, 0.2) is 28.2 Å². The molecule has 0 spiro atoms. The van der Waals surface area contributed by atoms with Crippen molar-refractivity contribution in [3.63, 3.8) is 0 Å². The number of aromatic nitrogens is 1. The molecule has 28 heavy (non-hydrogen) atoms. The van der Waals surface area contributed by atoms with E-state index < -0.39 is 0 Å². The molecule has 4 aliphatic rings. The largest absolute Gasteiger partial charge is 0.459 e. The van der Waals surface area contributed by atoms with Gasteiger partial charge in [-0.3, -0.25) is 9.59 Å². The average Bonchev–Trinajstić information content (AvgIpc) is 3.33. The molecular formula is C21H25N3O3S. The molecule has 2 aromatic rings. The number of amides is 2. The molecule has 4 saturated carbocycles. The normalized spacial score (nSPS) is 30.4. The summed E-state index contributed by atoms with van der Waals surface area (Å²) in [7, 11) is 0. The summed E-state index contributed by atoms with van der Waals surface area (Å²) in [6, 6.07) is 3.25. The number of carbonyl (C=O) groups excluding carboxylic acids is 2. The quantitative estimate of drug-likeness (QED) is 0.770. The average molecular weight is 400 g/mol. The first-order chi connectivity index (χ1) is 13.6. The van der Waals surface area contributed by atoms with Gasteiger partial charge in [-0.15, -0.1) is 11.3 Å². The highest BCUT2D eigenvalue weighted by Gasteiger charge is 2.52. The molecule has 0 aromatic carbocycles. The molecular weight excluding hydrogens is 374 g/mol. The topological polar surface area (TPSA) is 84.2 Å². The van der Waals surface area contributed by atoms with Gasteiger partial charge in [0.25, 0.3) is 5.91 Å². The van der Waals surface area contributed by atoms with E-state index in [4.69, 9.17) is 9.40 Å². The van der Waals surface area contributed by atoms with Crippen LogP contribution in [0.1, 0.15) is 61.2 Å². The summed E-state index contributed by atoms with van der Waals surface area (Å²) < 4.78 is 5.03. The molecule has 4 bridgehead atoms. The van der Waals surface area contributed by atoms with Crippen molar-refractivity contribution < 1.29 is 14.0 Å². The Labute approximate surface area is 168 Å². The number of rotatable bonds is 6. The lowest BCUT2D eigenvalue weighted by molar-refractivity contribution is -0.116. The van der Waals surface area contributed by atoms with Crippen molar-refractivity contribution in [2.24, 2.45) is 17.8 Å². The third-order valence-electron chi connectivity index (χ3n) is 6.71. The van der Waals surface area contributed by atoms with Gasteiger partial charge >= 0.3 is 0 Å². The van der Waals surface area contributed by atoms with Crippen LogP contribution in [0.25, 0.3) is 0 Å². The number of nitrogens with zero attached hydrogens (tertiary/aromatic N) is 1. The van der Waals surface area contributed by atoms with Crippen molar-refractivity contribution in [2.45, 2.75) is 50.4 Å². The molecule has 2 amide bonds. The van der Waals surface area contributed by atoms with Gasteiger partial charge in [-0.2, -0.15) is 0 Å². The van der Waals surface area contributed by atoms with Crippen molar-refractivity contribution in [2.75, 3.05) is 11.9 Å². The van der Waals surface area contributed by atoms with Crippen LogP contribution in [-0.2, 0) is 10.2 Å². The Morgan fingerprint density at radius 1 is 1.18 bits per heavy atom. The summed E-state index contributed by atoms with van der Waals surface area (Å²) in [5.41, 5.74) is 1.45. The molecule has 2 N–H and O–H groups in total. The van der Waals surface area contributed by atoms with Gasteiger partial charge in [-0.1, -0.05) is 0 Å². The first kappa shape index (κ1) is 17.9. The highest BCUT2D eigenvalue weighted by molar-refractivity contribution is 7.13. The van der Waals surface area contributed by atoms with Crippen molar-refractivity contribution in [3.05, 3.63) is 35.2 Å². The lowest BCUT2D eigenvalue weighted by Gasteiger charge is -2.56. The summed E-state index contributed by atoms with van der Waals surface area (Å²) in [6.45, 7) is 0.262. The van der Waals surface area contributed by atoms with Crippen LogP contribution in [0, 0.1) is 17.8 Å². The van der Waals surface area contributed by atoms with E-state index in [1.54, 1.807) is 12.1 Å². The molecule has 0 radical (unpaired) electrons. The van der Waals surface area contributed by atoms with Crippen molar-refractivity contribution >= 4 is 28.3 Å². The summed E-state index contributed by atoms with van der Waals surface area (Å²) in [6.07, 6.45) is 9.72. The van der Waals surface area contributed by atoms with Crippen molar-refractivity contribution in [1.82, 2.24) is 10.3 Å². The number of anilines is 1. The minimum Gasteiger partial charge on any atom is -0.459 e. The molecule has 148 valence electrons. The maximum absolute atomic E-state index is 12.2. The van der Waals surface area contributed by atoms with E-state index in [0.29, 0.717) is 5.13 Å². The predicted molar refractivity (Wildman–Crippen MR) is 106 cm³/mol. The van der Waals surface area contributed by atoms with Crippen LogP contribution in [0.3, 0.4) is 0 Å². The molecule has 0 atom stereocenters. The van der Waals surface area contributed by atoms with Crippen molar-refractivity contribution in [1.29, 1.82) is 0 Å². The van der Waals surface area contributed by atoms with Crippen molar-refractivity contribution in [3.8, 4) is 0 Å². The van der Waals surface area contributed by atoms with Gasteiger partial charge < -0.3 is 15.1 Å². The molecule has 4 fully saturated rings. The van der Waals surface area contributed by atoms with Crippen LogP contribution < -0.4 is 10.6 Å². The molecule has 2 heterocycles. The maximum Gasteiger partial charge on any atom is 0.286 e. The van der Waals surface area contributed by atoms with Gasteiger partial charge in [-0.05, 0) is 68.4 Å². The van der Waals surface area contributed by atoms with E-state index in [0.717, 1.165) is 17.8 Å². The fourth-order valence-corrected chi connectivity index (χ4v) is 6.82. The summed E-state index contributed by atoms with van der Waals surface area (Å²) >= 11 is 1.52. The van der Waals surface area contributed by atoms with E-state index in [2.05, 4.69) is 16.0 Å². The third kappa shape index (κ3) is 3.36. The molecule has 0 saturated heterocycles. The zero-order chi connectivity index (χ0) is 19.1. The second-order valence-electron chi connectivity index (χ2n) is 8.77. The molecule has 6 nitrogen and oxygen atoms in total. The smallest absolute Gasteiger partial charge is 0.286 e. The number of nitrogens with one attached hydrogen (secondary N) is 2. The zero-order valence-electron chi connectivity index (χ0n) is 15.8. The first-order valence-electron chi connectivity index (χ1n) is 10.2. The summed E-state index contributed by atoms with van der Waals surface area (Å²) in [5, 5.41) is 8.41. The Kier molecular flexibility index (Phi) is 4.50. The number of thiazole rings is 1. The van der Waals surface area contributed by atoms with Crippen LogP contribution in [0.5, 0.6) is 0 Å². The molecule has 0 aliphatic heterocycles. The highest BCUT2D eigenvalue weighted by Crippen LogP contribution is 2.60. The van der Waals surface area contributed by atoms with E-state index in [9.17, 15) is 9.59 Å². The van der Waals surface area contributed by atoms with E-state index in [-0.39, 0.29) is 36.0 Å². The molecule has 6 rings (SSSR count). The predicted octanol–water partition coefficient (Wildman–Crippen LogP) is 3.96. The number of hydrogen-bond donors (Lipinski definition) is 2. The lowest BCUT2D eigenvalue weighted by Crippen LogP contribution is -2.48. The third-order valence-corrected chi connectivity index (χ3v) is 7.47. The lowest BCUT2D eigenvalue weighted by atomic mass is 9.49. The van der Waals surface area contributed by atoms with Gasteiger partial charge in [0.05, 0.1) is 12.0 Å². The minimum absolute atomic E-state index is 0.133. The summed E-state index contributed by atoms with van der Waals surface area (Å²) in [4.78, 5) is 28.8. The zero-order valence-corrected chi connectivity index (χ0v) is 16.6. The summed E-state index contributed by atoms with van der Waals surface area (Å²) in [5.74, 6) is 2.44. The standard InChI is InChI=1S/C21H25N3O3S/c25-18(3-4-22-19(26)16-2-1-5-27-16)24-20-23-17(12-28-20)21-9-13-6-14(10-21)8-15(7-13)11-21/h1-2,5,12-15H,3-4,6-11H2,(H,22,26)(H,23,24,25). The highest BCUT2D eigenvalue weighted by atomic mass is 32.1. The number of carbonyl (C=O) groups is 2. The number of furan rings is 1. The van der Waals surface area contributed by atoms with Gasteiger partial charge in [0.1, 0.15) is 0 Å². The Morgan fingerprint density at radius 2 is 1.89 bits per heavy atom. The van der Waals surface area contributed by atoms with Crippen LogP contribution in [-0.4, -0.2) is 23.3 Å². The fourth-order valence-electron chi connectivity index (χ4n) is 5.97. The fraction of sp³-hybridized carbons (Fsp3) is 0.571. The Hall–Kier alpha value is -2.15. The molecule has 2 aromatic heterocycles. The van der Waals surface area contributed by atoms with Gasteiger partial charge in [0.15, 0.2) is 10.9 Å². The Morgan fingerprint density at radius 3 is 2.54 bits per heavy atom. The Balaban J connectivity index is 1.16. The first-order valence-corrected chi connectivity index (χ1v) is 11.1.